The van der Waals surface area contributed by atoms with E-state index in [1.54, 1.807) is 0 Å². The predicted molar refractivity (Wildman–Crippen MR) is 84.7 cm³/mol. The molecule has 0 aliphatic heterocycles. The van der Waals surface area contributed by atoms with Crippen LogP contribution in [-0.4, -0.2) is 9.81 Å². The Bertz CT molecular complexity index is 552. The number of para-hydroxylation sites is 1. The number of nitrogens with zero attached hydrogens (tertiary/aromatic N) is 1. The molecule has 1 aliphatic rings. The van der Waals surface area contributed by atoms with Gasteiger partial charge < -0.3 is 0 Å². The van der Waals surface area contributed by atoms with Gasteiger partial charge in [0.05, 0.1) is 5.52 Å². The molecule has 2 atom stereocenters. The topological polar surface area (TPSA) is 12.9 Å². The summed E-state index contributed by atoms with van der Waals surface area (Å²) in [5, 5.41) is 1.24. The van der Waals surface area contributed by atoms with E-state index in [0.29, 0.717) is 4.83 Å². The van der Waals surface area contributed by atoms with E-state index in [1.807, 2.05) is 0 Å². The van der Waals surface area contributed by atoms with E-state index in [0.717, 1.165) is 17.9 Å². The molecule has 1 saturated carbocycles. The van der Waals surface area contributed by atoms with E-state index in [4.69, 9.17) is 4.98 Å². The minimum Gasteiger partial charge on any atom is -0.253 e. The highest BCUT2D eigenvalue weighted by molar-refractivity contribution is 9.09. The highest BCUT2D eigenvalue weighted by Gasteiger charge is 2.21. The van der Waals surface area contributed by atoms with Crippen LogP contribution in [0.4, 0.5) is 0 Å². The predicted octanol–water partition coefficient (Wildman–Crippen LogP) is 5.12. The molecule has 3 rings (SSSR count). The lowest BCUT2D eigenvalue weighted by atomic mass is 9.94. The molecule has 1 aromatic heterocycles. The normalized spacial score (nSPS) is 24.3. The van der Waals surface area contributed by atoms with Crippen LogP contribution in [0.2, 0.25) is 0 Å². The summed E-state index contributed by atoms with van der Waals surface area (Å²) >= 11 is 3.88. The van der Waals surface area contributed by atoms with Gasteiger partial charge in [0.2, 0.25) is 0 Å². The number of hydrogen-bond acceptors (Lipinski definition) is 1. The summed E-state index contributed by atoms with van der Waals surface area (Å²) in [6.45, 7) is 0. The van der Waals surface area contributed by atoms with Gasteiger partial charge in [0.15, 0.2) is 0 Å². The van der Waals surface area contributed by atoms with Crippen LogP contribution in [-0.2, 0) is 6.42 Å². The van der Waals surface area contributed by atoms with E-state index in [-0.39, 0.29) is 0 Å². The molecule has 0 spiro atoms. The van der Waals surface area contributed by atoms with Crippen molar-refractivity contribution < 1.29 is 0 Å². The van der Waals surface area contributed by atoms with E-state index in [1.165, 1.54) is 43.2 Å². The quantitative estimate of drug-likeness (QED) is 0.553. The van der Waals surface area contributed by atoms with Gasteiger partial charge in [0.1, 0.15) is 0 Å². The standard InChI is InChI=1S/C17H20BrN/c18-16-8-3-1-2-7-14(16)12-15-11-10-13-6-4-5-9-17(13)19-15/h4-6,9-11,14,16H,1-3,7-8,12H2. The van der Waals surface area contributed by atoms with Gasteiger partial charge in [-0.1, -0.05) is 59.5 Å². The molecule has 1 nitrogen and oxygen atoms in total. The summed E-state index contributed by atoms with van der Waals surface area (Å²) in [6, 6.07) is 12.8. The first-order valence-electron chi connectivity index (χ1n) is 7.32. The lowest BCUT2D eigenvalue weighted by Gasteiger charge is -2.19. The third-order valence-electron chi connectivity index (χ3n) is 4.19. The first-order valence-corrected chi connectivity index (χ1v) is 8.23. The van der Waals surface area contributed by atoms with Crippen LogP contribution in [0.15, 0.2) is 36.4 Å². The van der Waals surface area contributed by atoms with Gasteiger partial charge in [-0.05, 0) is 37.3 Å². The smallest absolute Gasteiger partial charge is 0.0705 e. The Morgan fingerprint density at radius 3 is 2.79 bits per heavy atom. The number of alkyl halides is 1. The Morgan fingerprint density at radius 2 is 1.84 bits per heavy atom. The molecule has 1 aromatic carbocycles. The lowest BCUT2D eigenvalue weighted by molar-refractivity contribution is 0.471. The Hall–Kier alpha value is -0.890. The van der Waals surface area contributed by atoms with Gasteiger partial charge in [0, 0.05) is 15.9 Å². The Kier molecular flexibility index (Phi) is 4.17. The van der Waals surface area contributed by atoms with Crippen LogP contribution in [0.5, 0.6) is 0 Å². The van der Waals surface area contributed by atoms with Crippen LogP contribution in [0, 0.1) is 5.92 Å². The number of benzene rings is 1. The Labute approximate surface area is 123 Å². The average Bonchev–Trinajstić information content (AvgIpc) is 2.64. The summed E-state index contributed by atoms with van der Waals surface area (Å²) in [4.78, 5) is 5.48. The fraction of sp³-hybridized carbons (Fsp3) is 0.471. The number of fused-ring (bicyclic) bond motifs is 1. The zero-order valence-electron chi connectivity index (χ0n) is 11.2. The molecule has 0 saturated heterocycles. The van der Waals surface area contributed by atoms with E-state index < -0.39 is 0 Å². The van der Waals surface area contributed by atoms with Crippen molar-refractivity contribution in [3.63, 3.8) is 0 Å². The molecule has 1 aliphatic carbocycles. The minimum absolute atomic E-state index is 0.670. The largest absolute Gasteiger partial charge is 0.253 e. The van der Waals surface area contributed by atoms with Gasteiger partial charge in [-0.3, -0.25) is 4.98 Å². The summed E-state index contributed by atoms with van der Waals surface area (Å²) in [6.07, 6.45) is 7.91. The molecule has 1 fully saturated rings. The van der Waals surface area contributed by atoms with Crippen molar-refractivity contribution in [3.8, 4) is 0 Å². The molecule has 0 radical (unpaired) electrons. The highest BCUT2D eigenvalue weighted by atomic mass is 79.9. The van der Waals surface area contributed by atoms with Crippen molar-refractivity contribution in [1.29, 1.82) is 0 Å². The molecule has 0 amide bonds. The number of halogens is 1. The fourth-order valence-corrected chi connectivity index (χ4v) is 3.83. The fourth-order valence-electron chi connectivity index (χ4n) is 3.06. The highest BCUT2D eigenvalue weighted by Crippen LogP contribution is 2.31. The maximum atomic E-state index is 4.81. The van der Waals surface area contributed by atoms with Crippen LogP contribution in [0.3, 0.4) is 0 Å². The molecule has 0 bridgehead atoms. The second-order valence-corrected chi connectivity index (χ2v) is 6.79. The number of aromatic nitrogens is 1. The first-order chi connectivity index (χ1) is 9.33. The van der Waals surface area contributed by atoms with Crippen molar-refractivity contribution in [2.75, 3.05) is 0 Å². The second-order valence-electron chi connectivity index (χ2n) is 5.61. The summed E-state index contributed by atoms with van der Waals surface area (Å²) in [7, 11) is 0. The molecule has 2 heteroatoms. The van der Waals surface area contributed by atoms with Crippen molar-refractivity contribution in [3.05, 3.63) is 42.1 Å². The average molecular weight is 318 g/mol. The monoisotopic (exact) mass is 317 g/mol. The van der Waals surface area contributed by atoms with Gasteiger partial charge >= 0.3 is 0 Å². The Morgan fingerprint density at radius 1 is 1.00 bits per heavy atom. The van der Waals surface area contributed by atoms with Crippen LogP contribution < -0.4 is 0 Å². The number of rotatable bonds is 2. The SMILES string of the molecule is BrC1CCCCCC1Cc1ccc2ccccc2n1. The van der Waals surface area contributed by atoms with Crippen LogP contribution >= 0.6 is 15.9 Å². The van der Waals surface area contributed by atoms with E-state index in [9.17, 15) is 0 Å². The first kappa shape index (κ1) is 13.1. The third-order valence-corrected chi connectivity index (χ3v) is 5.40. The molecular formula is C17H20BrN. The van der Waals surface area contributed by atoms with Gasteiger partial charge in [0.25, 0.3) is 0 Å². The third kappa shape index (κ3) is 3.17. The van der Waals surface area contributed by atoms with Gasteiger partial charge in [-0.2, -0.15) is 0 Å². The molecule has 2 aromatic rings. The molecule has 100 valence electrons. The van der Waals surface area contributed by atoms with Crippen LogP contribution in [0.25, 0.3) is 10.9 Å². The molecule has 0 N–H and O–H groups in total. The van der Waals surface area contributed by atoms with E-state index in [2.05, 4.69) is 52.3 Å². The zero-order chi connectivity index (χ0) is 13.1. The lowest BCUT2D eigenvalue weighted by Crippen LogP contribution is -2.16. The molecule has 2 unspecified atom stereocenters. The van der Waals surface area contributed by atoms with Gasteiger partial charge in [-0.15, -0.1) is 0 Å². The maximum absolute atomic E-state index is 4.81. The van der Waals surface area contributed by atoms with Crippen molar-refractivity contribution >= 4 is 26.8 Å². The van der Waals surface area contributed by atoms with Crippen LogP contribution in [0.1, 0.15) is 37.8 Å². The summed E-state index contributed by atoms with van der Waals surface area (Å²) < 4.78 is 0. The van der Waals surface area contributed by atoms with Crippen molar-refractivity contribution in [2.45, 2.75) is 43.4 Å². The minimum atomic E-state index is 0.670. The number of hydrogen-bond donors (Lipinski definition) is 0. The second kappa shape index (κ2) is 6.04. The maximum Gasteiger partial charge on any atom is 0.0705 e. The number of pyridine rings is 1. The Balaban J connectivity index is 1.80. The van der Waals surface area contributed by atoms with E-state index >= 15 is 0 Å². The molecule has 1 heterocycles. The van der Waals surface area contributed by atoms with Crippen molar-refractivity contribution in [2.24, 2.45) is 5.92 Å². The summed E-state index contributed by atoms with van der Waals surface area (Å²) in [5.74, 6) is 0.746. The zero-order valence-corrected chi connectivity index (χ0v) is 12.8. The molecule has 19 heavy (non-hydrogen) atoms. The van der Waals surface area contributed by atoms with Crippen molar-refractivity contribution in [1.82, 2.24) is 4.98 Å². The molecular weight excluding hydrogens is 298 g/mol. The van der Waals surface area contributed by atoms with Gasteiger partial charge in [-0.25, -0.2) is 0 Å². The summed E-state index contributed by atoms with van der Waals surface area (Å²) in [5.41, 5.74) is 2.37.